The molecule has 9 heteroatoms. The summed E-state index contributed by atoms with van der Waals surface area (Å²) in [6.07, 6.45) is 2.20. The van der Waals surface area contributed by atoms with Crippen molar-refractivity contribution in [1.82, 2.24) is 25.2 Å². The molecule has 1 atom stereocenters. The van der Waals surface area contributed by atoms with Crippen molar-refractivity contribution in [2.45, 2.75) is 51.9 Å². The molecule has 2 amide bonds. The van der Waals surface area contributed by atoms with E-state index in [2.05, 4.69) is 15.6 Å². The molecule has 0 fully saturated rings. The number of para-hydroxylation sites is 1. The van der Waals surface area contributed by atoms with Crippen molar-refractivity contribution in [3.63, 3.8) is 0 Å². The predicted octanol–water partition coefficient (Wildman–Crippen LogP) is 4.24. The maximum atomic E-state index is 13.7. The number of hydrogen-bond acceptors (Lipinski definition) is 5. The second kappa shape index (κ2) is 10.1. The highest BCUT2D eigenvalue weighted by molar-refractivity contribution is 5.89. The molecule has 1 unspecified atom stereocenters. The van der Waals surface area contributed by atoms with Gasteiger partial charge in [0.15, 0.2) is 0 Å². The molecule has 2 aromatic heterocycles. The van der Waals surface area contributed by atoms with Crippen molar-refractivity contribution in [2.24, 2.45) is 0 Å². The number of furan rings is 1. The van der Waals surface area contributed by atoms with Crippen LogP contribution in [0.25, 0.3) is 11.0 Å². The van der Waals surface area contributed by atoms with Crippen LogP contribution in [0.5, 0.6) is 0 Å². The molecule has 4 aromatic rings. The Bertz CT molecular complexity index is 1300. The Morgan fingerprint density at radius 2 is 1.86 bits per heavy atom. The van der Waals surface area contributed by atoms with Crippen molar-refractivity contribution < 1.29 is 18.4 Å². The molecule has 0 saturated heterocycles. The Hall–Kier alpha value is -4.01. The van der Waals surface area contributed by atoms with Crippen molar-refractivity contribution >= 4 is 22.8 Å². The van der Waals surface area contributed by atoms with Gasteiger partial charge in [-0.3, -0.25) is 9.59 Å². The smallest absolute Gasteiger partial charge is 0.247 e. The van der Waals surface area contributed by atoms with E-state index in [1.807, 2.05) is 45.0 Å². The second-order valence-corrected chi connectivity index (χ2v) is 9.02. The zero-order valence-corrected chi connectivity index (χ0v) is 19.9. The molecule has 8 nitrogen and oxygen atoms in total. The molecule has 0 radical (unpaired) electrons. The van der Waals surface area contributed by atoms with Crippen LogP contribution in [-0.4, -0.2) is 37.2 Å². The lowest BCUT2D eigenvalue weighted by Gasteiger charge is -2.34. The third-order valence-electron chi connectivity index (χ3n) is 6.02. The number of carbonyl (C=O) groups excluding carboxylic acids is 2. The van der Waals surface area contributed by atoms with Crippen LogP contribution in [0.4, 0.5) is 4.39 Å². The molecule has 0 aliphatic carbocycles. The van der Waals surface area contributed by atoms with E-state index in [1.54, 1.807) is 12.1 Å². The summed E-state index contributed by atoms with van der Waals surface area (Å²) in [5.41, 5.74) is 1.35. The summed E-state index contributed by atoms with van der Waals surface area (Å²) in [6.45, 7) is 5.69. The fourth-order valence-corrected chi connectivity index (χ4v) is 3.76. The second-order valence-electron chi connectivity index (χ2n) is 9.02. The summed E-state index contributed by atoms with van der Waals surface area (Å²) in [6, 6.07) is 15.4. The first kappa shape index (κ1) is 24.1. The van der Waals surface area contributed by atoms with Gasteiger partial charge < -0.3 is 14.6 Å². The molecule has 35 heavy (non-hydrogen) atoms. The molecule has 0 aliphatic rings. The standard InChI is InChI=1S/C26H28FN5O3/c1-4-26(2,3)28-25(34)24(18-11-13-19(27)14-12-18)31(16-20-8-7-15-35-20)23(33)17-32-22-10-6-5-9-21(22)29-30-32/h5-15,24H,4,16-17H2,1-3H3,(H,28,34). The zero-order chi connectivity index (χ0) is 25.0. The number of fused-ring (bicyclic) bond motifs is 1. The van der Waals surface area contributed by atoms with E-state index in [9.17, 15) is 14.0 Å². The summed E-state index contributed by atoms with van der Waals surface area (Å²) in [7, 11) is 0. The first-order valence-corrected chi connectivity index (χ1v) is 11.4. The highest BCUT2D eigenvalue weighted by atomic mass is 19.1. The minimum atomic E-state index is -1.02. The van der Waals surface area contributed by atoms with Gasteiger partial charge in [-0.2, -0.15) is 0 Å². The molecule has 0 aliphatic heterocycles. The Labute approximate surface area is 202 Å². The van der Waals surface area contributed by atoms with Crippen LogP contribution < -0.4 is 5.32 Å². The highest BCUT2D eigenvalue weighted by Gasteiger charge is 2.34. The normalized spacial score (nSPS) is 12.5. The van der Waals surface area contributed by atoms with E-state index in [0.29, 0.717) is 28.8 Å². The fourth-order valence-electron chi connectivity index (χ4n) is 3.76. The van der Waals surface area contributed by atoms with Crippen LogP contribution in [0.1, 0.15) is 44.6 Å². The highest BCUT2D eigenvalue weighted by Crippen LogP contribution is 2.26. The minimum absolute atomic E-state index is 0.0421. The summed E-state index contributed by atoms with van der Waals surface area (Å²) >= 11 is 0. The number of amides is 2. The number of nitrogens with zero attached hydrogens (tertiary/aromatic N) is 4. The van der Waals surface area contributed by atoms with Crippen LogP contribution in [0.3, 0.4) is 0 Å². The fraction of sp³-hybridized carbons (Fsp3) is 0.308. The largest absolute Gasteiger partial charge is 0.467 e. The molecule has 0 spiro atoms. The summed E-state index contributed by atoms with van der Waals surface area (Å²) in [5.74, 6) is -0.654. The van der Waals surface area contributed by atoms with Crippen LogP contribution in [0.15, 0.2) is 71.3 Å². The number of benzene rings is 2. The van der Waals surface area contributed by atoms with Gasteiger partial charge in [0.2, 0.25) is 11.8 Å². The third-order valence-corrected chi connectivity index (χ3v) is 6.02. The lowest BCUT2D eigenvalue weighted by molar-refractivity contribution is -0.143. The number of carbonyl (C=O) groups is 2. The van der Waals surface area contributed by atoms with E-state index < -0.39 is 17.4 Å². The molecule has 4 rings (SSSR count). The first-order valence-electron chi connectivity index (χ1n) is 11.4. The lowest BCUT2D eigenvalue weighted by Crippen LogP contribution is -2.50. The predicted molar refractivity (Wildman–Crippen MR) is 128 cm³/mol. The minimum Gasteiger partial charge on any atom is -0.467 e. The van der Waals surface area contributed by atoms with E-state index in [-0.39, 0.29) is 24.9 Å². The van der Waals surface area contributed by atoms with Crippen LogP contribution in [0.2, 0.25) is 0 Å². The monoisotopic (exact) mass is 477 g/mol. The molecule has 0 bridgehead atoms. The van der Waals surface area contributed by atoms with Gasteiger partial charge in [0.1, 0.15) is 29.7 Å². The molecule has 0 saturated carbocycles. The summed E-state index contributed by atoms with van der Waals surface area (Å²) < 4.78 is 20.7. The van der Waals surface area contributed by atoms with Crippen LogP contribution in [0, 0.1) is 5.82 Å². The van der Waals surface area contributed by atoms with Crippen molar-refractivity contribution in [3.05, 3.63) is 84.1 Å². The molecule has 2 aromatic carbocycles. The van der Waals surface area contributed by atoms with Gasteiger partial charge in [-0.25, -0.2) is 9.07 Å². The van der Waals surface area contributed by atoms with Gasteiger partial charge in [-0.15, -0.1) is 5.10 Å². The number of aromatic nitrogens is 3. The number of hydrogen-bond donors (Lipinski definition) is 1. The average molecular weight is 478 g/mol. The van der Waals surface area contributed by atoms with Crippen molar-refractivity contribution in [3.8, 4) is 0 Å². The van der Waals surface area contributed by atoms with E-state index in [0.717, 1.165) is 0 Å². The maximum Gasteiger partial charge on any atom is 0.247 e. The summed E-state index contributed by atoms with van der Waals surface area (Å²) in [4.78, 5) is 28.8. The zero-order valence-electron chi connectivity index (χ0n) is 19.9. The van der Waals surface area contributed by atoms with Crippen LogP contribution in [-0.2, 0) is 22.7 Å². The molecule has 182 valence electrons. The Kier molecular flexibility index (Phi) is 6.95. The Morgan fingerprint density at radius 1 is 1.11 bits per heavy atom. The lowest BCUT2D eigenvalue weighted by atomic mass is 9.98. The first-order chi connectivity index (χ1) is 16.8. The SMILES string of the molecule is CCC(C)(C)NC(=O)C(c1ccc(F)cc1)N(Cc1ccco1)C(=O)Cn1nnc2ccccc21. The van der Waals surface area contributed by atoms with Gasteiger partial charge in [0, 0.05) is 5.54 Å². The number of rotatable bonds is 9. The van der Waals surface area contributed by atoms with Crippen molar-refractivity contribution in [2.75, 3.05) is 0 Å². The topological polar surface area (TPSA) is 93.3 Å². The van der Waals surface area contributed by atoms with Crippen LogP contribution >= 0.6 is 0 Å². The van der Waals surface area contributed by atoms with Gasteiger partial charge >= 0.3 is 0 Å². The molecular formula is C26H28FN5O3. The molecule has 1 N–H and O–H groups in total. The molecular weight excluding hydrogens is 449 g/mol. The number of halogens is 1. The summed E-state index contributed by atoms with van der Waals surface area (Å²) in [5, 5.41) is 11.3. The van der Waals surface area contributed by atoms with Crippen molar-refractivity contribution in [1.29, 1.82) is 0 Å². The Balaban J connectivity index is 1.74. The third kappa shape index (κ3) is 5.56. The van der Waals surface area contributed by atoms with E-state index in [4.69, 9.17) is 4.42 Å². The van der Waals surface area contributed by atoms with Gasteiger partial charge in [-0.05, 0) is 62.2 Å². The van der Waals surface area contributed by atoms with Gasteiger partial charge in [0.05, 0.1) is 18.3 Å². The van der Waals surface area contributed by atoms with E-state index in [1.165, 1.54) is 40.1 Å². The van der Waals surface area contributed by atoms with E-state index >= 15 is 0 Å². The van der Waals surface area contributed by atoms with Gasteiger partial charge in [0.25, 0.3) is 0 Å². The maximum absolute atomic E-state index is 13.7. The average Bonchev–Trinajstić information content (AvgIpc) is 3.50. The number of nitrogens with one attached hydrogen (secondary N) is 1. The quantitative estimate of drug-likeness (QED) is 0.389. The Morgan fingerprint density at radius 3 is 2.54 bits per heavy atom. The molecule has 2 heterocycles. The van der Waals surface area contributed by atoms with Gasteiger partial charge in [-0.1, -0.05) is 36.4 Å².